The number of nitrogens with two attached hydrogens (primary N) is 1. The fraction of sp³-hybridized carbons (Fsp3) is 0.600. The molecule has 3 N–H and O–H groups in total. The lowest BCUT2D eigenvalue weighted by molar-refractivity contribution is -0.129. The number of nitrogen functional groups attached to an aromatic ring is 1. The van der Waals surface area contributed by atoms with Crippen molar-refractivity contribution in [1.29, 1.82) is 0 Å². The van der Waals surface area contributed by atoms with Gasteiger partial charge in [0, 0.05) is 14.1 Å². The van der Waals surface area contributed by atoms with E-state index in [-0.39, 0.29) is 11.9 Å². The van der Waals surface area contributed by atoms with Crippen LogP contribution in [0.4, 0.5) is 10.8 Å². The molecule has 0 saturated heterocycles. The first-order chi connectivity index (χ1) is 7.97. The third-order valence-corrected chi connectivity index (χ3v) is 2.90. The molecule has 6 nitrogen and oxygen atoms in total. The Labute approximate surface area is 105 Å². The van der Waals surface area contributed by atoms with Crippen LogP contribution in [0, 0.1) is 0 Å². The van der Waals surface area contributed by atoms with Crippen molar-refractivity contribution in [3.8, 4) is 5.75 Å². The molecule has 0 fully saturated rings. The first-order valence-corrected chi connectivity index (χ1v) is 6.10. The zero-order valence-corrected chi connectivity index (χ0v) is 11.3. The van der Waals surface area contributed by atoms with Crippen molar-refractivity contribution in [1.82, 2.24) is 9.27 Å². The molecule has 17 heavy (non-hydrogen) atoms. The zero-order chi connectivity index (χ0) is 13.0. The van der Waals surface area contributed by atoms with Crippen molar-refractivity contribution in [2.75, 3.05) is 31.8 Å². The molecule has 96 valence electrons. The standard InChI is InChI=1S/C10H18N4O2S/c1-5-16-7-8(11)13-17-9(7)12-6(2)10(15)14(3)4/h6,12H,5H2,1-4H3,(H2,11,13). The average molecular weight is 258 g/mol. The summed E-state index contributed by atoms with van der Waals surface area (Å²) in [4.78, 5) is 13.2. The Bertz CT molecular complexity index is 392. The molecule has 1 amide bonds. The molecular weight excluding hydrogens is 240 g/mol. The summed E-state index contributed by atoms with van der Waals surface area (Å²) in [7, 11) is 3.43. The van der Waals surface area contributed by atoms with Crippen molar-refractivity contribution in [3.63, 3.8) is 0 Å². The molecule has 1 unspecified atom stereocenters. The van der Waals surface area contributed by atoms with Gasteiger partial charge in [-0.15, -0.1) is 0 Å². The lowest BCUT2D eigenvalue weighted by atomic mass is 10.3. The number of hydrogen-bond acceptors (Lipinski definition) is 6. The van der Waals surface area contributed by atoms with Crippen LogP contribution in [-0.4, -0.2) is 41.9 Å². The zero-order valence-electron chi connectivity index (χ0n) is 10.5. The molecular formula is C10H18N4O2S. The van der Waals surface area contributed by atoms with E-state index < -0.39 is 0 Å². The van der Waals surface area contributed by atoms with E-state index in [1.54, 1.807) is 21.0 Å². The van der Waals surface area contributed by atoms with Crippen LogP contribution in [0.15, 0.2) is 0 Å². The van der Waals surface area contributed by atoms with Crippen molar-refractivity contribution < 1.29 is 9.53 Å². The van der Waals surface area contributed by atoms with E-state index >= 15 is 0 Å². The highest BCUT2D eigenvalue weighted by atomic mass is 32.1. The highest BCUT2D eigenvalue weighted by Gasteiger charge is 2.19. The number of aromatic nitrogens is 1. The Morgan fingerprint density at radius 3 is 2.82 bits per heavy atom. The molecule has 0 aliphatic rings. The van der Waals surface area contributed by atoms with Crippen LogP contribution in [0.5, 0.6) is 5.75 Å². The number of nitrogens with zero attached hydrogens (tertiary/aromatic N) is 2. The maximum Gasteiger partial charge on any atom is 0.244 e. The van der Waals surface area contributed by atoms with Gasteiger partial charge in [-0.25, -0.2) is 0 Å². The summed E-state index contributed by atoms with van der Waals surface area (Å²) in [6.07, 6.45) is 0. The van der Waals surface area contributed by atoms with Crippen LogP contribution < -0.4 is 15.8 Å². The Morgan fingerprint density at radius 2 is 2.29 bits per heavy atom. The summed E-state index contributed by atoms with van der Waals surface area (Å²) in [6.45, 7) is 4.16. The van der Waals surface area contributed by atoms with Crippen molar-refractivity contribution in [2.24, 2.45) is 0 Å². The number of likely N-dealkylation sites (N-methyl/N-ethyl adjacent to an activating group) is 1. The average Bonchev–Trinajstić information content (AvgIpc) is 2.60. The molecule has 1 aromatic rings. The van der Waals surface area contributed by atoms with E-state index in [1.165, 1.54) is 16.4 Å². The number of carbonyl (C=O) groups excluding carboxylic acids is 1. The first-order valence-electron chi connectivity index (χ1n) is 5.33. The van der Waals surface area contributed by atoms with Crippen molar-refractivity contribution in [3.05, 3.63) is 0 Å². The minimum absolute atomic E-state index is 0.0144. The number of carbonyl (C=O) groups is 1. The van der Waals surface area contributed by atoms with Gasteiger partial charge in [0.1, 0.15) is 6.04 Å². The number of nitrogens with one attached hydrogen (secondary N) is 1. The smallest absolute Gasteiger partial charge is 0.244 e. The Kier molecular flexibility index (Phi) is 4.56. The minimum atomic E-state index is -0.343. The van der Waals surface area contributed by atoms with Gasteiger partial charge in [-0.1, -0.05) is 0 Å². The van der Waals surface area contributed by atoms with Crippen LogP contribution in [0.3, 0.4) is 0 Å². The molecule has 0 saturated carbocycles. The van der Waals surface area contributed by atoms with Gasteiger partial charge < -0.3 is 20.7 Å². The molecule has 1 rings (SSSR count). The van der Waals surface area contributed by atoms with Crippen LogP contribution in [0.2, 0.25) is 0 Å². The summed E-state index contributed by atoms with van der Waals surface area (Å²) < 4.78 is 9.38. The SMILES string of the molecule is CCOc1c(N)nsc1NC(C)C(=O)N(C)C. The summed E-state index contributed by atoms with van der Waals surface area (Å²) in [6, 6.07) is -0.343. The molecule has 0 radical (unpaired) electrons. The monoisotopic (exact) mass is 258 g/mol. The van der Waals surface area contributed by atoms with E-state index in [0.29, 0.717) is 23.2 Å². The van der Waals surface area contributed by atoms with Gasteiger partial charge >= 0.3 is 0 Å². The highest BCUT2D eigenvalue weighted by Crippen LogP contribution is 2.35. The second kappa shape index (κ2) is 5.72. The van der Waals surface area contributed by atoms with E-state index in [0.717, 1.165) is 0 Å². The lowest BCUT2D eigenvalue weighted by Crippen LogP contribution is -2.36. The number of anilines is 2. The third-order valence-electron chi connectivity index (χ3n) is 2.12. The molecule has 0 aliphatic carbocycles. The molecule has 1 heterocycles. The second-order valence-corrected chi connectivity index (χ2v) is 4.53. The van der Waals surface area contributed by atoms with Crippen molar-refractivity contribution in [2.45, 2.75) is 19.9 Å². The predicted molar refractivity (Wildman–Crippen MR) is 69.5 cm³/mol. The predicted octanol–water partition coefficient (Wildman–Crippen LogP) is 1.01. The fourth-order valence-electron chi connectivity index (χ4n) is 1.32. The Hall–Kier alpha value is -1.50. The number of amides is 1. The topological polar surface area (TPSA) is 80.5 Å². The van der Waals surface area contributed by atoms with E-state index in [9.17, 15) is 4.79 Å². The molecule has 1 atom stereocenters. The normalized spacial score (nSPS) is 12.0. The van der Waals surface area contributed by atoms with E-state index in [2.05, 4.69) is 9.69 Å². The van der Waals surface area contributed by atoms with Gasteiger partial charge in [0.25, 0.3) is 0 Å². The van der Waals surface area contributed by atoms with Crippen LogP contribution in [-0.2, 0) is 4.79 Å². The lowest BCUT2D eigenvalue weighted by Gasteiger charge is -2.18. The molecule has 0 spiro atoms. The van der Waals surface area contributed by atoms with Crippen LogP contribution >= 0.6 is 11.5 Å². The molecule has 0 aromatic carbocycles. The van der Waals surface area contributed by atoms with Gasteiger partial charge in [-0.2, -0.15) is 4.37 Å². The van der Waals surface area contributed by atoms with Crippen LogP contribution in [0.1, 0.15) is 13.8 Å². The van der Waals surface area contributed by atoms with Crippen molar-refractivity contribution >= 4 is 28.3 Å². The third kappa shape index (κ3) is 3.23. The summed E-state index contributed by atoms with van der Waals surface area (Å²) >= 11 is 1.19. The Balaban J connectivity index is 2.77. The van der Waals surface area contributed by atoms with Gasteiger partial charge in [-0.05, 0) is 25.4 Å². The quantitative estimate of drug-likeness (QED) is 0.824. The summed E-state index contributed by atoms with van der Waals surface area (Å²) in [5.74, 6) is 0.860. The largest absolute Gasteiger partial charge is 0.487 e. The maximum atomic E-state index is 11.7. The Morgan fingerprint density at radius 1 is 1.65 bits per heavy atom. The number of rotatable bonds is 5. The molecule has 7 heteroatoms. The fourth-order valence-corrected chi connectivity index (χ4v) is 2.06. The number of hydrogen-bond donors (Lipinski definition) is 2. The maximum absolute atomic E-state index is 11.7. The number of ether oxygens (including phenoxy) is 1. The van der Waals surface area contributed by atoms with E-state index in [1.807, 2.05) is 6.92 Å². The summed E-state index contributed by atoms with van der Waals surface area (Å²) in [5.41, 5.74) is 5.68. The van der Waals surface area contributed by atoms with Gasteiger partial charge in [0.2, 0.25) is 5.91 Å². The second-order valence-electron chi connectivity index (χ2n) is 3.76. The minimum Gasteiger partial charge on any atom is -0.487 e. The van der Waals surface area contributed by atoms with Gasteiger partial charge in [-0.3, -0.25) is 4.79 Å². The molecule has 0 aliphatic heterocycles. The molecule has 0 bridgehead atoms. The van der Waals surface area contributed by atoms with Crippen LogP contribution in [0.25, 0.3) is 0 Å². The first kappa shape index (κ1) is 13.6. The van der Waals surface area contributed by atoms with E-state index in [4.69, 9.17) is 10.5 Å². The van der Waals surface area contributed by atoms with Gasteiger partial charge in [0.05, 0.1) is 6.61 Å². The highest BCUT2D eigenvalue weighted by molar-refractivity contribution is 7.11. The molecule has 1 aromatic heterocycles. The van der Waals surface area contributed by atoms with Gasteiger partial charge in [0.15, 0.2) is 16.6 Å². The summed E-state index contributed by atoms with van der Waals surface area (Å²) in [5, 5.41) is 3.74.